The number of aryl methyl sites for hydroxylation is 1. The molecule has 0 radical (unpaired) electrons. The molecule has 0 aliphatic heterocycles. The zero-order chi connectivity index (χ0) is 20.2. The van der Waals surface area contributed by atoms with Crippen molar-refractivity contribution < 1.29 is 4.79 Å². The predicted molar refractivity (Wildman–Crippen MR) is 111 cm³/mol. The second-order valence-corrected chi connectivity index (χ2v) is 6.65. The zero-order valence-electron chi connectivity index (χ0n) is 15.8. The second-order valence-electron chi connectivity index (χ2n) is 6.65. The predicted octanol–water partition coefficient (Wildman–Crippen LogP) is 3.04. The van der Waals surface area contributed by atoms with Gasteiger partial charge in [-0.3, -0.25) is 9.59 Å². The van der Waals surface area contributed by atoms with Crippen molar-refractivity contribution in [2.75, 3.05) is 5.32 Å². The summed E-state index contributed by atoms with van der Waals surface area (Å²) in [7, 11) is 0. The molecule has 0 bridgehead atoms. The molecule has 7 nitrogen and oxygen atoms in total. The van der Waals surface area contributed by atoms with Crippen molar-refractivity contribution in [2.45, 2.75) is 13.5 Å². The van der Waals surface area contributed by atoms with Gasteiger partial charge in [-0.15, -0.1) is 0 Å². The van der Waals surface area contributed by atoms with E-state index in [-0.39, 0.29) is 18.0 Å². The molecule has 0 spiro atoms. The Bertz CT molecular complexity index is 1180. The van der Waals surface area contributed by atoms with E-state index in [9.17, 15) is 9.59 Å². The van der Waals surface area contributed by atoms with Crippen LogP contribution >= 0.6 is 0 Å². The van der Waals surface area contributed by atoms with Crippen LogP contribution in [0, 0.1) is 6.92 Å². The lowest BCUT2D eigenvalue weighted by molar-refractivity contribution is -0.117. The molecular weight excluding hydrogens is 366 g/mol. The lowest BCUT2D eigenvalue weighted by Crippen LogP contribution is -2.29. The molecule has 144 valence electrons. The van der Waals surface area contributed by atoms with Gasteiger partial charge in [0.1, 0.15) is 6.54 Å². The van der Waals surface area contributed by atoms with Crippen molar-refractivity contribution in [1.82, 2.24) is 19.3 Å². The Morgan fingerprint density at radius 3 is 2.45 bits per heavy atom. The fourth-order valence-corrected chi connectivity index (χ4v) is 2.91. The van der Waals surface area contributed by atoms with Crippen LogP contribution in [0.4, 0.5) is 5.69 Å². The van der Waals surface area contributed by atoms with E-state index in [1.165, 1.54) is 10.7 Å². The molecule has 0 saturated heterocycles. The number of nitrogens with one attached hydrogen (secondary N) is 1. The molecule has 0 aliphatic rings. The minimum atomic E-state index is -0.327. The van der Waals surface area contributed by atoms with E-state index in [0.717, 1.165) is 16.8 Å². The highest BCUT2D eigenvalue weighted by atomic mass is 16.2. The van der Waals surface area contributed by atoms with Crippen molar-refractivity contribution >= 4 is 11.6 Å². The van der Waals surface area contributed by atoms with Crippen LogP contribution < -0.4 is 10.9 Å². The normalized spacial score (nSPS) is 10.7. The highest BCUT2D eigenvalue weighted by molar-refractivity contribution is 5.90. The monoisotopic (exact) mass is 385 g/mol. The third kappa shape index (κ3) is 4.30. The van der Waals surface area contributed by atoms with Crippen molar-refractivity contribution in [3.05, 3.63) is 95.3 Å². The van der Waals surface area contributed by atoms with Crippen molar-refractivity contribution in [3.8, 4) is 16.9 Å². The van der Waals surface area contributed by atoms with Gasteiger partial charge in [0.15, 0.2) is 0 Å². The smallest absolute Gasteiger partial charge is 0.267 e. The number of hydrogen-bond donors (Lipinski definition) is 1. The Labute approximate surface area is 167 Å². The maximum absolute atomic E-state index is 12.4. The van der Waals surface area contributed by atoms with Gasteiger partial charge >= 0.3 is 0 Å². The molecule has 0 atom stereocenters. The van der Waals surface area contributed by atoms with Gasteiger partial charge in [-0.2, -0.15) is 5.10 Å². The fourth-order valence-electron chi connectivity index (χ4n) is 2.91. The van der Waals surface area contributed by atoms with Gasteiger partial charge in [0.25, 0.3) is 5.56 Å². The summed E-state index contributed by atoms with van der Waals surface area (Å²) in [6.07, 6.45) is 5.24. The van der Waals surface area contributed by atoms with Crippen molar-refractivity contribution in [1.29, 1.82) is 0 Å². The van der Waals surface area contributed by atoms with Crippen LogP contribution in [-0.2, 0) is 11.3 Å². The maximum atomic E-state index is 12.4. The molecule has 0 aliphatic carbocycles. The van der Waals surface area contributed by atoms with E-state index in [4.69, 9.17) is 0 Å². The number of rotatable bonds is 5. The van der Waals surface area contributed by atoms with E-state index in [1.54, 1.807) is 30.7 Å². The highest BCUT2D eigenvalue weighted by Crippen LogP contribution is 2.16. The van der Waals surface area contributed by atoms with Crippen LogP contribution in [0.15, 0.2) is 84.2 Å². The summed E-state index contributed by atoms with van der Waals surface area (Å²) < 4.78 is 3.04. The minimum absolute atomic E-state index is 0.165. The van der Waals surface area contributed by atoms with Gasteiger partial charge in [0.05, 0.1) is 12.0 Å². The van der Waals surface area contributed by atoms with E-state index >= 15 is 0 Å². The number of benzene rings is 2. The van der Waals surface area contributed by atoms with E-state index in [0.29, 0.717) is 11.4 Å². The lowest BCUT2D eigenvalue weighted by atomic mass is 10.1. The third-order valence-electron chi connectivity index (χ3n) is 4.46. The number of anilines is 1. The average Bonchev–Trinajstić information content (AvgIpc) is 3.26. The van der Waals surface area contributed by atoms with Gasteiger partial charge in [-0.1, -0.05) is 29.8 Å². The number of imidazole rings is 1. The number of aromatic nitrogens is 4. The van der Waals surface area contributed by atoms with Crippen molar-refractivity contribution in [2.24, 2.45) is 0 Å². The summed E-state index contributed by atoms with van der Waals surface area (Å²) in [5.74, 6) is -0.323. The largest absolute Gasteiger partial charge is 0.324 e. The molecule has 4 rings (SSSR count). The molecule has 7 heteroatoms. The van der Waals surface area contributed by atoms with Gasteiger partial charge < -0.3 is 9.88 Å². The van der Waals surface area contributed by atoms with Gasteiger partial charge in [0, 0.05) is 35.4 Å². The maximum Gasteiger partial charge on any atom is 0.267 e. The summed E-state index contributed by atoms with van der Waals surface area (Å²) in [6.45, 7) is 1.84. The standard InChI is InChI=1S/C22H19N5O2/c1-16-2-4-17(5-3-16)20-10-11-22(29)27(25-20)14-21(28)24-18-6-8-19(9-7-18)26-13-12-23-15-26/h2-13,15H,14H2,1H3,(H,24,28). The fraction of sp³-hybridized carbons (Fsp3) is 0.0909. The Hall–Kier alpha value is -4.00. The minimum Gasteiger partial charge on any atom is -0.324 e. The molecule has 1 N–H and O–H groups in total. The number of carbonyl (C=O) groups is 1. The molecule has 2 aromatic carbocycles. The summed E-state index contributed by atoms with van der Waals surface area (Å²) >= 11 is 0. The molecule has 4 aromatic rings. The van der Waals surface area contributed by atoms with E-state index in [2.05, 4.69) is 15.4 Å². The van der Waals surface area contributed by atoms with Crippen LogP contribution in [0.3, 0.4) is 0 Å². The number of nitrogens with zero attached hydrogens (tertiary/aromatic N) is 4. The van der Waals surface area contributed by atoms with Gasteiger partial charge in [-0.05, 0) is 37.3 Å². The first-order valence-corrected chi connectivity index (χ1v) is 9.12. The van der Waals surface area contributed by atoms with Crippen LogP contribution in [0.2, 0.25) is 0 Å². The molecule has 0 saturated carbocycles. The molecule has 2 heterocycles. The Morgan fingerprint density at radius 1 is 1.00 bits per heavy atom. The number of hydrogen-bond acceptors (Lipinski definition) is 4. The molecule has 0 fully saturated rings. The van der Waals surface area contributed by atoms with E-state index < -0.39 is 0 Å². The third-order valence-corrected chi connectivity index (χ3v) is 4.46. The summed E-state index contributed by atoms with van der Waals surface area (Å²) in [4.78, 5) is 28.6. The van der Waals surface area contributed by atoms with Crippen LogP contribution in [-0.4, -0.2) is 25.2 Å². The summed E-state index contributed by atoms with van der Waals surface area (Å²) in [6, 6.07) is 18.3. The molecular formula is C22H19N5O2. The number of carbonyl (C=O) groups excluding carboxylic acids is 1. The number of amides is 1. The molecule has 29 heavy (non-hydrogen) atoms. The topological polar surface area (TPSA) is 81.8 Å². The van der Waals surface area contributed by atoms with Gasteiger partial charge in [0.2, 0.25) is 5.91 Å². The highest BCUT2D eigenvalue weighted by Gasteiger charge is 2.09. The zero-order valence-corrected chi connectivity index (χ0v) is 15.8. The SMILES string of the molecule is Cc1ccc(-c2ccc(=O)n(CC(=O)Nc3ccc(-n4ccnc4)cc3)n2)cc1. The lowest BCUT2D eigenvalue weighted by Gasteiger charge is -2.09. The Kier molecular flexibility index (Phi) is 5.03. The first-order chi connectivity index (χ1) is 14.1. The average molecular weight is 385 g/mol. The molecule has 1 amide bonds. The van der Waals surface area contributed by atoms with E-state index in [1.807, 2.05) is 54.1 Å². The van der Waals surface area contributed by atoms with Gasteiger partial charge in [-0.25, -0.2) is 9.67 Å². The first-order valence-electron chi connectivity index (χ1n) is 9.12. The summed E-state index contributed by atoms with van der Waals surface area (Å²) in [5.41, 5.74) is 3.92. The second kappa shape index (κ2) is 7.93. The quantitative estimate of drug-likeness (QED) is 0.572. The molecule has 2 aromatic heterocycles. The van der Waals surface area contributed by atoms with Crippen molar-refractivity contribution in [3.63, 3.8) is 0 Å². The van der Waals surface area contributed by atoms with Crippen LogP contribution in [0.5, 0.6) is 0 Å². The molecule has 0 unspecified atom stereocenters. The van der Waals surface area contributed by atoms with Crippen LogP contribution in [0.25, 0.3) is 16.9 Å². The first kappa shape index (κ1) is 18.4. The Balaban J connectivity index is 1.47. The van der Waals surface area contributed by atoms with Crippen LogP contribution in [0.1, 0.15) is 5.56 Å². The summed E-state index contributed by atoms with van der Waals surface area (Å²) in [5, 5.41) is 7.13. The Morgan fingerprint density at radius 2 is 1.76 bits per heavy atom.